The summed E-state index contributed by atoms with van der Waals surface area (Å²) in [6, 6.07) is 11.7. The molecule has 2 aromatic rings. The van der Waals surface area contributed by atoms with Gasteiger partial charge in [0.2, 0.25) is 0 Å². The molecule has 0 atom stereocenters. The predicted molar refractivity (Wildman–Crippen MR) is 92.1 cm³/mol. The minimum Gasteiger partial charge on any atom is -0.0587 e. The van der Waals surface area contributed by atoms with Gasteiger partial charge in [-0.1, -0.05) is 63.6 Å². The minimum absolute atomic E-state index is 0.127. The predicted octanol–water partition coefficient (Wildman–Crippen LogP) is 5.85. The van der Waals surface area contributed by atoms with Crippen LogP contribution in [0.1, 0.15) is 55.5 Å². The van der Waals surface area contributed by atoms with Gasteiger partial charge in [-0.3, -0.25) is 0 Å². The highest BCUT2D eigenvalue weighted by atomic mass is 14.5. The van der Waals surface area contributed by atoms with Crippen LogP contribution in [0, 0.1) is 20.8 Å². The fraction of sp³-hybridized carbons (Fsp3) is 0.429. The molecule has 1 aliphatic carbocycles. The highest BCUT2D eigenvalue weighted by Gasteiger charge is 2.45. The standard InChI is InChI=1S/C21H26/c1-13-8-9-16-17-11-14(2)15(3)12-19(17)21(6,7)20(4,5)18(16)10-13/h8-12H,1-7H3. The summed E-state index contributed by atoms with van der Waals surface area (Å²) in [5.41, 5.74) is 10.2. The third-order valence-electron chi connectivity index (χ3n) is 6.01. The Bertz CT molecular complexity index is 730. The largest absolute Gasteiger partial charge is 0.0587 e. The quantitative estimate of drug-likeness (QED) is 0.567. The van der Waals surface area contributed by atoms with E-state index in [4.69, 9.17) is 0 Å². The third kappa shape index (κ3) is 1.81. The molecule has 0 aliphatic heterocycles. The SMILES string of the molecule is Cc1ccc2c(c1)C(C)(C)C(C)(C)c1cc(C)c(C)cc1-2. The van der Waals surface area contributed by atoms with E-state index >= 15 is 0 Å². The van der Waals surface area contributed by atoms with Crippen molar-refractivity contribution >= 4 is 0 Å². The number of aryl methyl sites for hydroxylation is 3. The van der Waals surface area contributed by atoms with Crippen molar-refractivity contribution in [1.29, 1.82) is 0 Å². The van der Waals surface area contributed by atoms with Crippen molar-refractivity contribution in [2.24, 2.45) is 0 Å². The third-order valence-corrected chi connectivity index (χ3v) is 6.01. The van der Waals surface area contributed by atoms with Gasteiger partial charge in [0.25, 0.3) is 0 Å². The van der Waals surface area contributed by atoms with E-state index in [-0.39, 0.29) is 10.8 Å². The fourth-order valence-electron chi connectivity index (χ4n) is 3.64. The molecule has 110 valence electrons. The molecule has 2 aromatic carbocycles. The van der Waals surface area contributed by atoms with E-state index in [0.717, 1.165) is 0 Å². The van der Waals surface area contributed by atoms with Crippen LogP contribution < -0.4 is 0 Å². The number of rotatable bonds is 0. The van der Waals surface area contributed by atoms with Gasteiger partial charge in [-0.25, -0.2) is 0 Å². The maximum absolute atomic E-state index is 2.41. The Balaban J connectivity index is 2.45. The second-order valence-corrected chi connectivity index (χ2v) is 7.78. The zero-order chi connectivity index (χ0) is 15.6. The first-order valence-corrected chi connectivity index (χ1v) is 7.89. The van der Waals surface area contributed by atoms with Crippen LogP contribution in [0.3, 0.4) is 0 Å². The van der Waals surface area contributed by atoms with Gasteiger partial charge in [-0.05, 0) is 65.0 Å². The van der Waals surface area contributed by atoms with Crippen LogP contribution in [0.4, 0.5) is 0 Å². The van der Waals surface area contributed by atoms with Crippen molar-refractivity contribution in [2.45, 2.75) is 59.3 Å². The van der Waals surface area contributed by atoms with Crippen molar-refractivity contribution in [3.05, 3.63) is 58.1 Å². The summed E-state index contributed by atoms with van der Waals surface area (Å²) in [4.78, 5) is 0. The maximum Gasteiger partial charge on any atom is -0.000558 e. The van der Waals surface area contributed by atoms with Gasteiger partial charge in [0, 0.05) is 0 Å². The minimum atomic E-state index is 0.127. The van der Waals surface area contributed by atoms with Gasteiger partial charge in [0.1, 0.15) is 0 Å². The van der Waals surface area contributed by atoms with E-state index in [1.54, 1.807) is 0 Å². The van der Waals surface area contributed by atoms with Crippen LogP contribution in [-0.4, -0.2) is 0 Å². The molecule has 0 aromatic heterocycles. The first-order chi connectivity index (χ1) is 9.66. The second-order valence-electron chi connectivity index (χ2n) is 7.78. The van der Waals surface area contributed by atoms with E-state index in [0.29, 0.717) is 0 Å². The Morgan fingerprint density at radius 1 is 0.619 bits per heavy atom. The van der Waals surface area contributed by atoms with Crippen LogP contribution in [0.25, 0.3) is 11.1 Å². The fourth-order valence-corrected chi connectivity index (χ4v) is 3.64. The molecular weight excluding hydrogens is 252 g/mol. The molecule has 0 fully saturated rings. The first kappa shape index (κ1) is 14.4. The molecule has 0 heterocycles. The van der Waals surface area contributed by atoms with Gasteiger partial charge >= 0.3 is 0 Å². The summed E-state index contributed by atoms with van der Waals surface area (Å²) in [5.74, 6) is 0. The first-order valence-electron chi connectivity index (χ1n) is 7.89. The van der Waals surface area contributed by atoms with Crippen LogP contribution in [-0.2, 0) is 10.8 Å². The molecule has 0 saturated carbocycles. The summed E-state index contributed by atoms with van der Waals surface area (Å²) in [6.45, 7) is 16.2. The molecule has 0 unspecified atom stereocenters. The zero-order valence-electron chi connectivity index (χ0n) is 14.4. The molecule has 1 aliphatic rings. The van der Waals surface area contributed by atoms with E-state index < -0.39 is 0 Å². The summed E-state index contributed by atoms with van der Waals surface area (Å²) in [5, 5.41) is 0. The molecular formula is C21H26. The molecule has 0 N–H and O–H groups in total. The lowest BCUT2D eigenvalue weighted by molar-refractivity contribution is 0.299. The Morgan fingerprint density at radius 3 is 1.76 bits per heavy atom. The number of benzene rings is 2. The lowest BCUT2D eigenvalue weighted by atomic mass is 9.55. The van der Waals surface area contributed by atoms with Crippen molar-refractivity contribution in [1.82, 2.24) is 0 Å². The van der Waals surface area contributed by atoms with E-state index in [2.05, 4.69) is 78.8 Å². The molecule has 21 heavy (non-hydrogen) atoms. The van der Waals surface area contributed by atoms with Gasteiger partial charge in [-0.15, -0.1) is 0 Å². The number of hydrogen-bond acceptors (Lipinski definition) is 0. The van der Waals surface area contributed by atoms with Crippen molar-refractivity contribution in [3.63, 3.8) is 0 Å². The highest BCUT2D eigenvalue weighted by Crippen LogP contribution is 2.54. The van der Waals surface area contributed by atoms with Gasteiger partial charge in [0.15, 0.2) is 0 Å². The van der Waals surface area contributed by atoms with E-state index in [1.807, 2.05) is 0 Å². The monoisotopic (exact) mass is 278 g/mol. The normalized spacial score (nSPS) is 18.0. The Kier molecular flexibility index (Phi) is 2.89. The highest BCUT2D eigenvalue weighted by molar-refractivity contribution is 5.78. The van der Waals surface area contributed by atoms with Crippen LogP contribution in [0.15, 0.2) is 30.3 Å². The average molecular weight is 278 g/mol. The summed E-state index contributed by atoms with van der Waals surface area (Å²) < 4.78 is 0. The zero-order valence-corrected chi connectivity index (χ0v) is 14.4. The molecule has 0 spiro atoms. The Labute approximate surface area is 129 Å². The molecule has 0 saturated heterocycles. The summed E-state index contributed by atoms with van der Waals surface area (Å²) >= 11 is 0. The molecule has 0 amide bonds. The molecule has 3 rings (SSSR count). The molecule has 0 radical (unpaired) electrons. The van der Waals surface area contributed by atoms with Gasteiger partial charge in [0.05, 0.1) is 0 Å². The molecule has 0 nitrogen and oxygen atoms in total. The smallest absolute Gasteiger partial charge is 0.000558 e. The van der Waals surface area contributed by atoms with E-state index in [1.165, 1.54) is 38.9 Å². The second kappa shape index (κ2) is 4.22. The van der Waals surface area contributed by atoms with Crippen LogP contribution in [0.5, 0.6) is 0 Å². The number of hydrogen-bond donors (Lipinski definition) is 0. The van der Waals surface area contributed by atoms with Gasteiger partial charge < -0.3 is 0 Å². The summed E-state index contributed by atoms with van der Waals surface area (Å²) in [6.07, 6.45) is 0. The number of fused-ring (bicyclic) bond motifs is 3. The summed E-state index contributed by atoms with van der Waals surface area (Å²) in [7, 11) is 0. The lowest BCUT2D eigenvalue weighted by Crippen LogP contribution is -2.43. The van der Waals surface area contributed by atoms with Crippen molar-refractivity contribution in [2.75, 3.05) is 0 Å². The van der Waals surface area contributed by atoms with Crippen molar-refractivity contribution < 1.29 is 0 Å². The topological polar surface area (TPSA) is 0 Å². The van der Waals surface area contributed by atoms with Crippen molar-refractivity contribution in [3.8, 4) is 11.1 Å². The Hall–Kier alpha value is -1.56. The maximum atomic E-state index is 2.41. The van der Waals surface area contributed by atoms with Crippen LogP contribution >= 0.6 is 0 Å². The Morgan fingerprint density at radius 2 is 1.14 bits per heavy atom. The van der Waals surface area contributed by atoms with Gasteiger partial charge in [-0.2, -0.15) is 0 Å². The van der Waals surface area contributed by atoms with E-state index in [9.17, 15) is 0 Å². The molecule has 0 bridgehead atoms. The average Bonchev–Trinajstić information content (AvgIpc) is 2.40. The lowest BCUT2D eigenvalue weighted by Gasteiger charge is -2.48. The van der Waals surface area contributed by atoms with Crippen LogP contribution in [0.2, 0.25) is 0 Å². The molecule has 0 heteroatoms.